The maximum Gasteiger partial charge on any atom is 0.306 e. The Balaban J connectivity index is 2.24. The van der Waals surface area contributed by atoms with Crippen LogP contribution in [0.15, 0.2) is 30.3 Å². The van der Waals surface area contributed by atoms with Crippen molar-refractivity contribution in [2.75, 3.05) is 0 Å². The third-order valence-electron chi connectivity index (χ3n) is 2.09. The van der Waals surface area contributed by atoms with Crippen LogP contribution in [0.1, 0.15) is 18.4 Å². The van der Waals surface area contributed by atoms with Gasteiger partial charge in [0.15, 0.2) is 0 Å². The number of esters is 1. The number of rotatable bonds is 6. The van der Waals surface area contributed by atoms with Gasteiger partial charge in [-0.2, -0.15) is 0 Å². The molecule has 0 amide bonds. The van der Waals surface area contributed by atoms with Crippen molar-refractivity contribution in [3.05, 3.63) is 35.9 Å². The van der Waals surface area contributed by atoms with Crippen molar-refractivity contribution in [3.8, 4) is 0 Å². The normalized spacial score (nSPS) is 11.9. The van der Waals surface area contributed by atoms with Gasteiger partial charge in [-0.3, -0.25) is 9.59 Å². The van der Waals surface area contributed by atoms with Crippen molar-refractivity contribution in [1.82, 2.24) is 0 Å². The van der Waals surface area contributed by atoms with E-state index in [0.717, 1.165) is 5.56 Å². The number of benzene rings is 1. The average molecular weight is 320 g/mol. The summed E-state index contributed by atoms with van der Waals surface area (Å²) in [6, 6.07) is 9.41. The maximum absolute atomic E-state index is 11.3. The van der Waals surface area contributed by atoms with Gasteiger partial charge in [0.2, 0.25) is 5.24 Å². The first-order chi connectivity index (χ1) is 8.09. The van der Waals surface area contributed by atoms with Crippen LogP contribution in [0.4, 0.5) is 0 Å². The van der Waals surface area contributed by atoms with Crippen LogP contribution in [0.25, 0.3) is 0 Å². The predicted molar refractivity (Wildman–Crippen MR) is 69.0 cm³/mol. The van der Waals surface area contributed by atoms with E-state index in [9.17, 15) is 9.59 Å². The Morgan fingerprint density at radius 3 is 2.53 bits per heavy atom. The second-order valence-corrected chi connectivity index (χ2v) is 4.93. The Labute approximate surface area is 113 Å². The first-order valence-corrected chi connectivity index (χ1v) is 6.42. The van der Waals surface area contributed by atoms with Crippen LogP contribution in [0.2, 0.25) is 0 Å². The zero-order valence-corrected chi connectivity index (χ0v) is 11.4. The van der Waals surface area contributed by atoms with Crippen LogP contribution < -0.4 is 0 Å². The molecule has 0 aliphatic heterocycles. The van der Waals surface area contributed by atoms with E-state index in [-0.39, 0.29) is 19.0 Å². The van der Waals surface area contributed by atoms with Gasteiger partial charge in [-0.1, -0.05) is 46.3 Å². The van der Waals surface area contributed by atoms with Crippen LogP contribution in [0.3, 0.4) is 0 Å². The summed E-state index contributed by atoms with van der Waals surface area (Å²) in [7, 11) is 0. The second-order valence-electron chi connectivity index (χ2n) is 3.46. The predicted octanol–water partition coefficient (Wildman–Crippen LogP) is 3.04. The lowest BCUT2D eigenvalue weighted by Gasteiger charge is -2.06. The molecule has 92 valence electrons. The monoisotopic (exact) mass is 318 g/mol. The zero-order chi connectivity index (χ0) is 12.7. The number of halogens is 2. The lowest BCUT2D eigenvalue weighted by molar-refractivity contribution is -0.145. The zero-order valence-electron chi connectivity index (χ0n) is 9.07. The highest BCUT2D eigenvalue weighted by Crippen LogP contribution is 2.12. The Kier molecular flexibility index (Phi) is 6.22. The fourth-order valence-corrected chi connectivity index (χ4v) is 1.51. The molecule has 1 unspecified atom stereocenters. The fourth-order valence-electron chi connectivity index (χ4n) is 1.17. The van der Waals surface area contributed by atoms with E-state index in [1.165, 1.54) is 0 Å². The van der Waals surface area contributed by atoms with Gasteiger partial charge in [-0.05, 0) is 23.6 Å². The van der Waals surface area contributed by atoms with Crippen molar-refractivity contribution in [3.63, 3.8) is 0 Å². The summed E-state index contributed by atoms with van der Waals surface area (Å²) < 4.78 is 5.04. The first-order valence-electron chi connectivity index (χ1n) is 5.12. The van der Waals surface area contributed by atoms with E-state index in [1.54, 1.807) is 0 Å². The van der Waals surface area contributed by atoms with Crippen LogP contribution in [0, 0.1) is 0 Å². The van der Waals surface area contributed by atoms with E-state index in [1.807, 2.05) is 30.3 Å². The molecule has 1 atom stereocenters. The van der Waals surface area contributed by atoms with E-state index in [0.29, 0.717) is 6.42 Å². The highest BCUT2D eigenvalue weighted by atomic mass is 79.9. The van der Waals surface area contributed by atoms with Crippen LogP contribution in [-0.4, -0.2) is 16.0 Å². The van der Waals surface area contributed by atoms with Gasteiger partial charge in [0, 0.05) is 6.42 Å². The SMILES string of the molecule is O=C(CCC(Br)C(=O)Cl)OCc1ccccc1. The van der Waals surface area contributed by atoms with Gasteiger partial charge >= 0.3 is 5.97 Å². The Bertz CT molecular complexity index is 381. The molecule has 0 aliphatic rings. The third kappa shape index (κ3) is 5.84. The summed E-state index contributed by atoms with van der Waals surface area (Å²) in [5.74, 6) is -0.337. The van der Waals surface area contributed by atoms with E-state index in [2.05, 4.69) is 15.9 Å². The number of hydrogen-bond donors (Lipinski definition) is 0. The Hall–Kier alpha value is -0.870. The molecular formula is C12H12BrClO3. The summed E-state index contributed by atoms with van der Waals surface area (Å²) in [6.07, 6.45) is 0.511. The molecule has 0 N–H and O–H groups in total. The molecule has 0 aromatic heterocycles. The fraction of sp³-hybridized carbons (Fsp3) is 0.333. The topological polar surface area (TPSA) is 43.4 Å². The van der Waals surface area contributed by atoms with Gasteiger partial charge in [0.1, 0.15) is 6.61 Å². The number of ether oxygens (including phenoxy) is 1. The highest BCUT2D eigenvalue weighted by molar-refractivity contribution is 9.10. The van der Waals surface area contributed by atoms with Crippen molar-refractivity contribution in [1.29, 1.82) is 0 Å². The molecule has 3 nitrogen and oxygen atoms in total. The molecule has 0 aliphatic carbocycles. The molecule has 0 fully saturated rings. The van der Waals surface area contributed by atoms with E-state index >= 15 is 0 Å². The number of hydrogen-bond acceptors (Lipinski definition) is 3. The minimum absolute atomic E-state index is 0.168. The third-order valence-corrected chi connectivity index (χ3v) is 3.49. The standard InChI is InChI=1S/C12H12BrClO3/c13-10(12(14)16)6-7-11(15)17-8-9-4-2-1-3-5-9/h1-5,10H,6-8H2. The molecule has 0 saturated heterocycles. The summed E-state index contributed by atoms with van der Waals surface area (Å²) in [6.45, 7) is 0.251. The van der Waals surface area contributed by atoms with Gasteiger partial charge in [0.25, 0.3) is 0 Å². The van der Waals surface area contributed by atoms with E-state index < -0.39 is 10.1 Å². The van der Waals surface area contributed by atoms with Crippen molar-refractivity contribution >= 4 is 38.7 Å². The maximum atomic E-state index is 11.3. The van der Waals surface area contributed by atoms with Crippen molar-refractivity contribution in [2.45, 2.75) is 24.3 Å². The molecule has 0 spiro atoms. The summed E-state index contributed by atoms with van der Waals surface area (Å²) in [5.41, 5.74) is 0.935. The minimum atomic E-state index is -0.499. The molecule has 1 aromatic carbocycles. The van der Waals surface area contributed by atoms with Crippen LogP contribution in [0.5, 0.6) is 0 Å². The average Bonchev–Trinajstić information content (AvgIpc) is 2.34. The Morgan fingerprint density at radius 2 is 1.94 bits per heavy atom. The van der Waals surface area contributed by atoms with Gasteiger partial charge in [-0.15, -0.1) is 0 Å². The summed E-state index contributed by atoms with van der Waals surface area (Å²) >= 11 is 8.32. The lowest BCUT2D eigenvalue weighted by atomic mass is 10.2. The molecule has 0 bridgehead atoms. The number of alkyl halides is 1. The molecule has 17 heavy (non-hydrogen) atoms. The quantitative estimate of drug-likeness (QED) is 0.460. The molecule has 5 heteroatoms. The van der Waals surface area contributed by atoms with Crippen LogP contribution in [-0.2, 0) is 20.9 Å². The van der Waals surface area contributed by atoms with Crippen LogP contribution >= 0.6 is 27.5 Å². The molecule has 0 heterocycles. The minimum Gasteiger partial charge on any atom is -0.461 e. The molecule has 1 rings (SSSR count). The lowest BCUT2D eigenvalue weighted by Crippen LogP contribution is -2.11. The van der Waals surface area contributed by atoms with E-state index in [4.69, 9.17) is 16.3 Å². The molecule has 1 aromatic rings. The van der Waals surface area contributed by atoms with Crippen molar-refractivity contribution < 1.29 is 14.3 Å². The summed E-state index contributed by atoms with van der Waals surface area (Å²) in [5, 5.41) is -0.499. The van der Waals surface area contributed by atoms with Gasteiger partial charge in [-0.25, -0.2) is 0 Å². The molecular weight excluding hydrogens is 307 g/mol. The smallest absolute Gasteiger partial charge is 0.306 e. The summed E-state index contributed by atoms with van der Waals surface area (Å²) in [4.78, 5) is 21.6. The van der Waals surface area contributed by atoms with Crippen molar-refractivity contribution in [2.24, 2.45) is 0 Å². The van der Waals surface area contributed by atoms with Gasteiger partial charge in [0.05, 0.1) is 4.83 Å². The first kappa shape index (κ1) is 14.2. The number of carbonyl (C=O) groups excluding carboxylic acids is 2. The second kappa shape index (κ2) is 7.45. The molecule has 0 saturated carbocycles. The van der Waals surface area contributed by atoms with Gasteiger partial charge < -0.3 is 4.74 Å². The molecule has 0 radical (unpaired) electrons. The highest BCUT2D eigenvalue weighted by Gasteiger charge is 2.14. The Morgan fingerprint density at radius 1 is 1.29 bits per heavy atom. The largest absolute Gasteiger partial charge is 0.461 e. The number of carbonyl (C=O) groups is 2.